The topological polar surface area (TPSA) is 46.3 Å². The van der Waals surface area contributed by atoms with E-state index in [1.54, 1.807) is 14.2 Å². The molecule has 2 aromatic rings. The molecule has 0 fully saturated rings. The summed E-state index contributed by atoms with van der Waals surface area (Å²) in [5.74, 6) is 0. The van der Waals surface area contributed by atoms with Gasteiger partial charge in [0.2, 0.25) is 0 Å². The van der Waals surface area contributed by atoms with Crippen LogP contribution in [0.25, 0.3) is 10.9 Å². The molecule has 0 saturated carbocycles. The number of ether oxygens (including phenoxy) is 2. The molecule has 2 N–H and O–H groups in total. The summed E-state index contributed by atoms with van der Waals surface area (Å²) in [6, 6.07) is 8.76. The van der Waals surface area contributed by atoms with Crippen molar-refractivity contribution in [2.75, 3.05) is 20.8 Å². The first kappa shape index (κ1) is 12.7. The largest absolute Gasteiger partial charge is 0.357 e. The Kier molecular flexibility index (Phi) is 3.55. The number of fused-ring (bicyclic) bond motifs is 3. The van der Waals surface area contributed by atoms with Crippen LogP contribution in [0.2, 0.25) is 0 Å². The Bertz CT molecular complexity index is 560. The van der Waals surface area contributed by atoms with Gasteiger partial charge in [-0.15, -0.1) is 0 Å². The second kappa shape index (κ2) is 5.33. The summed E-state index contributed by atoms with van der Waals surface area (Å²) in [4.78, 5) is 3.55. The van der Waals surface area contributed by atoms with Gasteiger partial charge in [0, 0.05) is 37.2 Å². The lowest BCUT2D eigenvalue weighted by atomic mass is 9.97. The highest BCUT2D eigenvalue weighted by Crippen LogP contribution is 2.32. The first-order chi connectivity index (χ1) is 9.33. The van der Waals surface area contributed by atoms with Crippen LogP contribution in [0.1, 0.15) is 23.7 Å². The maximum atomic E-state index is 5.32. The molecule has 0 spiro atoms. The molecule has 0 unspecified atom stereocenters. The summed E-state index contributed by atoms with van der Waals surface area (Å²) in [5, 5.41) is 4.89. The fourth-order valence-electron chi connectivity index (χ4n) is 2.94. The van der Waals surface area contributed by atoms with E-state index in [1.807, 2.05) is 0 Å². The Labute approximate surface area is 113 Å². The van der Waals surface area contributed by atoms with Crippen molar-refractivity contribution >= 4 is 10.9 Å². The van der Waals surface area contributed by atoms with E-state index in [4.69, 9.17) is 9.47 Å². The normalized spacial score (nSPS) is 19.0. The smallest absolute Gasteiger partial charge is 0.158 e. The third-order valence-corrected chi connectivity index (χ3v) is 3.91. The van der Waals surface area contributed by atoms with Gasteiger partial charge in [0.1, 0.15) is 0 Å². The molecule has 0 amide bonds. The quantitative estimate of drug-likeness (QED) is 0.830. The number of aromatic nitrogens is 1. The monoisotopic (exact) mass is 260 g/mol. The molecule has 2 heterocycles. The van der Waals surface area contributed by atoms with Crippen molar-refractivity contribution in [1.29, 1.82) is 0 Å². The molecular formula is C15H20N2O2. The first-order valence-corrected chi connectivity index (χ1v) is 6.72. The molecule has 19 heavy (non-hydrogen) atoms. The van der Waals surface area contributed by atoms with Crippen LogP contribution in [0.3, 0.4) is 0 Å². The second-order valence-corrected chi connectivity index (χ2v) is 4.96. The minimum atomic E-state index is -0.171. The van der Waals surface area contributed by atoms with Crippen LogP contribution in [0.4, 0.5) is 0 Å². The number of rotatable bonds is 4. The molecule has 1 aliphatic heterocycles. The van der Waals surface area contributed by atoms with E-state index in [1.165, 1.54) is 22.2 Å². The SMILES string of the molecule is COC(C[C@@H]1NCCc2c1[nH]c1ccccc21)OC. The number of benzene rings is 1. The highest BCUT2D eigenvalue weighted by Gasteiger charge is 2.26. The molecule has 0 radical (unpaired) electrons. The van der Waals surface area contributed by atoms with Gasteiger partial charge in [0.15, 0.2) is 6.29 Å². The minimum Gasteiger partial charge on any atom is -0.357 e. The Hall–Kier alpha value is -1.36. The van der Waals surface area contributed by atoms with Crippen LogP contribution in [-0.4, -0.2) is 32.0 Å². The lowest BCUT2D eigenvalue weighted by Gasteiger charge is -2.27. The van der Waals surface area contributed by atoms with Gasteiger partial charge in [-0.3, -0.25) is 0 Å². The Morgan fingerprint density at radius 2 is 2.05 bits per heavy atom. The molecule has 3 rings (SSSR count). The first-order valence-electron chi connectivity index (χ1n) is 6.72. The maximum absolute atomic E-state index is 5.32. The van der Waals surface area contributed by atoms with Crippen molar-refractivity contribution in [3.05, 3.63) is 35.5 Å². The summed E-state index contributed by atoms with van der Waals surface area (Å²) in [5.41, 5.74) is 3.93. The van der Waals surface area contributed by atoms with Crippen LogP contribution in [0, 0.1) is 0 Å². The molecule has 0 saturated heterocycles. The van der Waals surface area contributed by atoms with E-state index in [9.17, 15) is 0 Å². The van der Waals surface area contributed by atoms with Crippen LogP contribution < -0.4 is 5.32 Å². The summed E-state index contributed by atoms with van der Waals surface area (Å²) >= 11 is 0. The number of nitrogens with one attached hydrogen (secondary N) is 2. The van der Waals surface area contributed by atoms with E-state index < -0.39 is 0 Å². The Morgan fingerprint density at radius 3 is 2.84 bits per heavy atom. The molecule has 1 aliphatic rings. The fraction of sp³-hybridized carbons (Fsp3) is 0.467. The van der Waals surface area contributed by atoms with E-state index in [2.05, 4.69) is 34.6 Å². The van der Waals surface area contributed by atoms with Gasteiger partial charge in [-0.2, -0.15) is 0 Å². The van der Waals surface area contributed by atoms with Gasteiger partial charge in [-0.1, -0.05) is 18.2 Å². The van der Waals surface area contributed by atoms with E-state index >= 15 is 0 Å². The van der Waals surface area contributed by atoms with Crippen molar-refractivity contribution in [2.45, 2.75) is 25.2 Å². The van der Waals surface area contributed by atoms with Crippen molar-refractivity contribution in [3.8, 4) is 0 Å². The van der Waals surface area contributed by atoms with E-state index in [-0.39, 0.29) is 12.3 Å². The lowest BCUT2D eigenvalue weighted by Crippen LogP contribution is -2.33. The second-order valence-electron chi connectivity index (χ2n) is 4.96. The number of hydrogen-bond acceptors (Lipinski definition) is 3. The summed E-state index contributed by atoms with van der Waals surface area (Å²) in [7, 11) is 3.37. The third kappa shape index (κ3) is 2.27. The number of methoxy groups -OCH3 is 2. The molecular weight excluding hydrogens is 240 g/mol. The molecule has 1 aromatic carbocycles. The van der Waals surface area contributed by atoms with Crippen molar-refractivity contribution in [3.63, 3.8) is 0 Å². The van der Waals surface area contributed by atoms with Crippen LogP contribution in [0.15, 0.2) is 24.3 Å². The highest BCUT2D eigenvalue weighted by molar-refractivity contribution is 5.85. The van der Waals surface area contributed by atoms with Crippen LogP contribution >= 0.6 is 0 Å². The number of H-pyrrole nitrogens is 1. The molecule has 1 atom stereocenters. The predicted octanol–water partition coefficient (Wildman–Crippen LogP) is 2.36. The number of aromatic amines is 1. The summed E-state index contributed by atoms with van der Waals surface area (Å²) in [6.45, 7) is 1.000. The van der Waals surface area contributed by atoms with Crippen LogP contribution in [-0.2, 0) is 15.9 Å². The molecule has 0 bridgehead atoms. The van der Waals surface area contributed by atoms with Gasteiger partial charge in [0.25, 0.3) is 0 Å². The van der Waals surface area contributed by atoms with Crippen LogP contribution in [0.5, 0.6) is 0 Å². The fourth-order valence-corrected chi connectivity index (χ4v) is 2.94. The summed E-state index contributed by atoms with van der Waals surface area (Å²) < 4.78 is 10.6. The lowest BCUT2D eigenvalue weighted by molar-refractivity contribution is -0.111. The minimum absolute atomic E-state index is 0.171. The summed E-state index contributed by atoms with van der Waals surface area (Å²) in [6.07, 6.45) is 1.71. The number of para-hydroxylation sites is 1. The standard InChI is InChI=1S/C15H20N2O2/c1-18-14(19-2)9-13-15-11(7-8-16-13)10-5-3-4-6-12(10)17-15/h3-6,13-14,16-17H,7-9H2,1-2H3/t13-/m0/s1. The van der Waals surface area contributed by atoms with E-state index in [0.717, 1.165) is 19.4 Å². The van der Waals surface area contributed by atoms with Crippen molar-refractivity contribution in [1.82, 2.24) is 10.3 Å². The zero-order valence-electron chi connectivity index (χ0n) is 11.4. The average molecular weight is 260 g/mol. The molecule has 4 nitrogen and oxygen atoms in total. The van der Waals surface area contributed by atoms with Gasteiger partial charge in [-0.25, -0.2) is 0 Å². The van der Waals surface area contributed by atoms with Gasteiger partial charge < -0.3 is 19.8 Å². The van der Waals surface area contributed by atoms with Gasteiger partial charge in [-0.05, 0) is 24.6 Å². The Morgan fingerprint density at radius 1 is 1.26 bits per heavy atom. The highest BCUT2D eigenvalue weighted by atomic mass is 16.7. The van der Waals surface area contributed by atoms with Crippen molar-refractivity contribution < 1.29 is 9.47 Å². The third-order valence-electron chi connectivity index (χ3n) is 3.91. The average Bonchev–Trinajstić information content (AvgIpc) is 2.84. The van der Waals surface area contributed by atoms with Crippen molar-refractivity contribution in [2.24, 2.45) is 0 Å². The van der Waals surface area contributed by atoms with Gasteiger partial charge in [0.05, 0.1) is 6.04 Å². The predicted molar refractivity (Wildman–Crippen MR) is 75.2 cm³/mol. The van der Waals surface area contributed by atoms with Gasteiger partial charge >= 0.3 is 0 Å². The maximum Gasteiger partial charge on any atom is 0.158 e. The zero-order chi connectivity index (χ0) is 13.2. The number of hydrogen-bond donors (Lipinski definition) is 2. The molecule has 102 valence electrons. The van der Waals surface area contributed by atoms with E-state index in [0.29, 0.717) is 0 Å². The molecule has 1 aromatic heterocycles. The zero-order valence-corrected chi connectivity index (χ0v) is 11.4. The molecule has 0 aliphatic carbocycles. The molecule has 4 heteroatoms. The Balaban J connectivity index is 1.95.